The van der Waals surface area contributed by atoms with Crippen LogP contribution in [-0.4, -0.2) is 0 Å². The average molecular weight is 226 g/mol. The van der Waals surface area contributed by atoms with E-state index in [9.17, 15) is 0 Å². The Kier molecular flexibility index (Phi) is 2.99. The first-order chi connectivity index (χ1) is 8.02. The Hall–Kier alpha value is -1.30. The van der Waals surface area contributed by atoms with Crippen molar-refractivity contribution in [1.82, 2.24) is 0 Å². The van der Waals surface area contributed by atoms with Crippen LogP contribution in [0, 0.1) is 11.3 Å². The lowest BCUT2D eigenvalue weighted by Gasteiger charge is -2.28. The van der Waals surface area contributed by atoms with Crippen molar-refractivity contribution in [2.24, 2.45) is 11.3 Å². The molecule has 0 nitrogen and oxygen atoms in total. The summed E-state index contributed by atoms with van der Waals surface area (Å²) in [5.74, 6) is 0.567. The van der Waals surface area contributed by atoms with Crippen LogP contribution in [0.3, 0.4) is 0 Å². The van der Waals surface area contributed by atoms with E-state index in [-0.39, 0.29) is 5.41 Å². The third kappa shape index (κ3) is 1.76. The minimum atomic E-state index is 0.136. The number of hydrogen-bond acceptors (Lipinski definition) is 0. The largest absolute Gasteiger partial charge is 0.0987 e. The van der Waals surface area contributed by atoms with Gasteiger partial charge in [0.1, 0.15) is 0 Å². The van der Waals surface area contributed by atoms with Gasteiger partial charge in [-0.1, -0.05) is 62.0 Å². The van der Waals surface area contributed by atoms with Gasteiger partial charge < -0.3 is 0 Å². The van der Waals surface area contributed by atoms with Crippen LogP contribution >= 0.6 is 0 Å². The molecule has 0 fully saturated rings. The van der Waals surface area contributed by atoms with Crippen molar-refractivity contribution >= 4 is 0 Å². The number of allylic oxidation sites excluding steroid dienone is 9. The molecule has 0 saturated carbocycles. The summed E-state index contributed by atoms with van der Waals surface area (Å²) in [4.78, 5) is 0. The second kappa shape index (κ2) is 4.18. The molecule has 2 aliphatic rings. The molecule has 90 valence electrons. The van der Waals surface area contributed by atoms with Crippen molar-refractivity contribution in [1.29, 1.82) is 0 Å². The Morgan fingerprint density at radius 3 is 2.71 bits per heavy atom. The van der Waals surface area contributed by atoms with Crippen molar-refractivity contribution in [2.75, 3.05) is 0 Å². The second-order valence-corrected chi connectivity index (χ2v) is 5.53. The maximum absolute atomic E-state index is 4.01. The Morgan fingerprint density at radius 1 is 1.41 bits per heavy atom. The third-order valence-corrected chi connectivity index (χ3v) is 4.07. The molecule has 2 rings (SSSR count). The average Bonchev–Trinajstić information content (AvgIpc) is 2.48. The minimum Gasteiger partial charge on any atom is -0.0987 e. The number of hydrogen-bond donors (Lipinski definition) is 0. The second-order valence-electron chi connectivity index (χ2n) is 5.53. The summed E-state index contributed by atoms with van der Waals surface area (Å²) < 4.78 is 0. The molecule has 0 spiro atoms. The first kappa shape index (κ1) is 12.2. The summed E-state index contributed by atoms with van der Waals surface area (Å²) in [7, 11) is 0. The Labute approximate surface area is 105 Å². The molecule has 0 heteroatoms. The van der Waals surface area contributed by atoms with Gasteiger partial charge in [0, 0.05) is 11.3 Å². The van der Waals surface area contributed by atoms with E-state index in [1.54, 1.807) is 5.57 Å². The maximum atomic E-state index is 4.01. The molecule has 17 heavy (non-hydrogen) atoms. The molecule has 0 bridgehead atoms. The van der Waals surface area contributed by atoms with E-state index < -0.39 is 0 Å². The van der Waals surface area contributed by atoms with Gasteiger partial charge in [-0.2, -0.15) is 0 Å². The highest BCUT2D eigenvalue weighted by Gasteiger charge is 2.41. The van der Waals surface area contributed by atoms with E-state index in [1.165, 1.54) is 16.7 Å². The van der Waals surface area contributed by atoms with Crippen LogP contribution in [0.2, 0.25) is 0 Å². The molecule has 0 N–H and O–H groups in total. The molecule has 0 saturated heterocycles. The van der Waals surface area contributed by atoms with E-state index >= 15 is 0 Å². The Bertz CT molecular complexity index is 464. The van der Waals surface area contributed by atoms with Crippen LogP contribution in [0.4, 0.5) is 0 Å². The molecular formula is C17H22. The first-order valence-electron chi connectivity index (χ1n) is 6.41. The molecule has 0 amide bonds. The topological polar surface area (TPSA) is 0 Å². The smallest absolute Gasteiger partial charge is 0.0117 e. The molecule has 0 aromatic rings. The molecular weight excluding hydrogens is 204 g/mol. The summed E-state index contributed by atoms with van der Waals surface area (Å²) in [5, 5.41) is 0. The van der Waals surface area contributed by atoms with Gasteiger partial charge >= 0.3 is 0 Å². The van der Waals surface area contributed by atoms with Gasteiger partial charge in [-0.15, -0.1) is 0 Å². The quantitative estimate of drug-likeness (QED) is 0.623. The van der Waals surface area contributed by atoms with Crippen molar-refractivity contribution in [2.45, 2.75) is 34.1 Å². The Morgan fingerprint density at radius 2 is 2.12 bits per heavy atom. The van der Waals surface area contributed by atoms with Crippen LogP contribution in [0.5, 0.6) is 0 Å². The predicted molar refractivity (Wildman–Crippen MR) is 75.8 cm³/mol. The summed E-state index contributed by atoms with van der Waals surface area (Å²) in [5.41, 5.74) is 5.95. The van der Waals surface area contributed by atoms with Crippen LogP contribution in [0.15, 0.2) is 59.3 Å². The zero-order valence-corrected chi connectivity index (χ0v) is 11.4. The minimum absolute atomic E-state index is 0.136. The lowest BCUT2D eigenvalue weighted by molar-refractivity contribution is 0.527. The lowest BCUT2D eigenvalue weighted by atomic mass is 9.76. The standard InChI is InChI=1S/C17H22/c1-6-8-13-14-10-9-12(3)11-16(14)17(4,5)15(13)7-2/h6-9,11,14H,2,10H2,1,3-5H3/b8-6-. The van der Waals surface area contributed by atoms with Gasteiger partial charge in [0.15, 0.2) is 0 Å². The molecule has 2 aliphatic carbocycles. The molecule has 0 aromatic heterocycles. The van der Waals surface area contributed by atoms with Crippen molar-refractivity contribution in [3.8, 4) is 0 Å². The fourth-order valence-electron chi connectivity index (χ4n) is 3.21. The first-order valence-corrected chi connectivity index (χ1v) is 6.41. The van der Waals surface area contributed by atoms with Gasteiger partial charge in [0.2, 0.25) is 0 Å². The zero-order chi connectivity index (χ0) is 12.6. The molecule has 0 heterocycles. The van der Waals surface area contributed by atoms with E-state index in [4.69, 9.17) is 0 Å². The van der Waals surface area contributed by atoms with Crippen molar-refractivity contribution in [3.05, 3.63) is 59.3 Å². The highest BCUT2D eigenvalue weighted by molar-refractivity contribution is 5.56. The van der Waals surface area contributed by atoms with Crippen molar-refractivity contribution in [3.63, 3.8) is 0 Å². The van der Waals surface area contributed by atoms with Gasteiger partial charge in [-0.05, 0) is 31.4 Å². The molecule has 1 atom stereocenters. The SMILES string of the molecule is C=CC1=C(/C=C\C)C2CC=C(C)C=C2C1(C)C. The van der Waals surface area contributed by atoms with Crippen LogP contribution in [-0.2, 0) is 0 Å². The van der Waals surface area contributed by atoms with Crippen molar-refractivity contribution < 1.29 is 0 Å². The fourth-order valence-corrected chi connectivity index (χ4v) is 3.21. The predicted octanol–water partition coefficient (Wildman–Crippen LogP) is 4.98. The molecule has 0 aromatic carbocycles. The van der Waals surface area contributed by atoms with E-state index in [0.717, 1.165) is 6.42 Å². The van der Waals surface area contributed by atoms with E-state index in [0.29, 0.717) is 5.92 Å². The maximum Gasteiger partial charge on any atom is 0.0117 e. The van der Waals surface area contributed by atoms with Gasteiger partial charge in [-0.3, -0.25) is 0 Å². The van der Waals surface area contributed by atoms with Crippen LogP contribution in [0.1, 0.15) is 34.1 Å². The molecule has 1 unspecified atom stereocenters. The molecule has 0 radical (unpaired) electrons. The van der Waals surface area contributed by atoms with E-state index in [2.05, 4.69) is 58.6 Å². The Balaban J connectivity index is 2.59. The zero-order valence-electron chi connectivity index (χ0n) is 11.4. The van der Waals surface area contributed by atoms with Crippen LogP contribution < -0.4 is 0 Å². The molecule has 0 aliphatic heterocycles. The fraction of sp³-hybridized carbons (Fsp3) is 0.412. The normalized spacial score (nSPS) is 26.9. The van der Waals surface area contributed by atoms with Crippen LogP contribution in [0.25, 0.3) is 0 Å². The highest BCUT2D eigenvalue weighted by atomic mass is 14.4. The van der Waals surface area contributed by atoms with Gasteiger partial charge in [0.05, 0.1) is 0 Å². The lowest BCUT2D eigenvalue weighted by Crippen LogP contribution is -2.16. The van der Waals surface area contributed by atoms with Gasteiger partial charge in [-0.25, -0.2) is 0 Å². The monoisotopic (exact) mass is 226 g/mol. The summed E-state index contributed by atoms with van der Waals surface area (Å²) in [6.07, 6.45) is 12.3. The van der Waals surface area contributed by atoms with E-state index in [1.807, 2.05) is 6.08 Å². The van der Waals surface area contributed by atoms with Gasteiger partial charge in [0.25, 0.3) is 0 Å². The highest BCUT2D eigenvalue weighted by Crippen LogP contribution is 2.53. The summed E-state index contributed by atoms with van der Waals surface area (Å²) in [6.45, 7) is 12.9. The number of fused-ring (bicyclic) bond motifs is 1. The number of rotatable bonds is 2. The summed E-state index contributed by atoms with van der Waals surface area (Å²) in [6, 6.07) is 0. The third-order valence-electron chi connectivity index (χ3n) is 4.07. The summed E-state index contributed by atoms with van der Waals surface area (Å²) >= 11 is 0.